The molecule has 1 saturated heterocycles. The minimum Gasteiger partial charge on any atom is -0.480 e. The Hall–Kier alpha value is -1.52. The first-order chi connectivity index (χ1) is 8.17. The predicted molar refractivity (Wildman–Crippen MR) is 67.3 cm³/mol. The van der Waals surface area contributed by atoms with Crippen molar-refractivity contribution in [2.45, 2.75) is 51.8 Å². The van der Waals surface area contributed by atoms with Gasteiger partial charge in [-0.2, -0.15) is 0 Å². The molecule has 3 atom stereocenters. The summed E-state index contributed by atoms with van der Waals surface area (Å²) in [6.07, 6.45) is 1.44. The van der Waals surface area contributed by atoms with Gasteiger partial charge in [0.1, 0.15) is 11.6 Å². The molecule has 1 aliphatic heterocycles. The standard InChI is InChI=1S/C13H21NO4/c1-6-9-8(2)7-10(11(15)16)14(9)12(17)18-13(3,4)5/h6,8-10H,1,7H2,2-5H3,(H,15,16)/t8-,9+,10-/m0/s1. The van der Waals surface area contributed by atoms with Gasteiger partial charge in [-0.25, -0.2) is 9.59 Å². The lowest BCUT2D eigenvalue weighted by molar-refractivity contribution is -0.142. The molecule has 0 aromatic heterocycles. The highest BCUT2D eigenvalue weighted by molar-refractivity contribution is 5.81. The largest absolute Gasteiger partial charge is 0.480 e. The molecular weight excluding hydrogens is 234 g/mol. The molecule has 0 aromatic carbocycles. The first-order valence-electron chi connectivity index (χ1n) is 6.04. The SMILES string of the molecule is C=C[C@@H]1[C@@H](C)C[C@@H](C(=O)O)N1C(=O)OC(C)(C)C. The number of rotatable bonds is 2. The van der Waals surface area contributed by atoms with Crippen molar-refractivity contribution in [3.63, 3.8) is 0 Å². The Kier molecular flexibility index (Phi) is 4.04. The zero-order valence-electron chi connectivity index (χ0n) is 11.3. The van der Waals surface area contributed by atoms with E-state index in [-0.39, 0.29) is 12.0 Å². The van der Waals surface area contributed by atoms with Crippen molar-refractivity contribution in [3.05, 3.63) is 12.7 Å². The van der Waals surface area contributed by atoms with Crippen LogP contribution in [0.4, 0.5) is 4.79 Å². The number of carboxylic acids is 1. The Bertz CT molecular complexity index is 358. The first kappa shape index (κ1) is 14.5. The highest BCUT2D eigenvalue weighted by atomic mass is 16.6. The molecule has 0 bridgehead atoms. The highest BCUT2D eigenvalue weighted by Crippen LogP contribution is 2.32. The fourth-order valence-corrected chi connectivity index (χ4v) is 2.22. The number of carboxylic acid groups (broad SMARTS) is 1. The van der Waals surface area contributed by atoms with Gasteiger partial charge in [-0.3, -0.25) is 4.90 Å². The molecule has 0 radical (unpaired) electrons. The third-order valence-corrected chi connectivity index (χ3v) is 2.97. The fraction of sp³-hybridized carbons (Fsp3) is 0.692. The predicted octanol–water partition coefficient (Wildman–Crippen LogP) is 2.27. The number of amides is 1. The number of ether oxygens (including phenoxy) is 1. The van der Waals surface area contributed by atoms with Gasteiger partial charge in [0.15, 0.2) is 0 Å². The second-order valence-electron chi connectivity index (χ2n) is 5.68. The quantitative estimate of drug-likeness (QED) is 0.769. The van der Waals surface area contributed by atoms with Crippen LogP contribution in [0.3, 0.4) is 0 Å². The van der Waals surface area contributed by atoms with Crippen molar-refractivity contribution >= 4 is 12.1 Å². The van der Waals surface area contributed by atoms with Crippen LogP contribution in [-0.2, 0) is 9.53 Å². The number of carbonyl (C=O) groups is 2. The van der Waals surface area contributed by atoms with Gasteiger partial charge in [-0.05, 0) is 33.1 Å². The van der Waals surface area contributed by atoms with E-state index in [1.807, 2.05) is 6.92 Å². The van der Waals surface area contributed by atoms with E-state index in [0.29, 0.717) is 6.42 Å². The van der Waals surface area contributed by atoms with E-state index in [0.717, 1.165) is 0 Å². The number of carbonyl (C=O) groups excluding carboxylic acids is 1. The molecule has 5 heteroatoms. The van der Waals surface area contributed by atoms with Crippen LogP contribution in [0.1, 0.15) is 34.1 Å². The zero-order chi connectivity index (χ0) is 14.1. The van der Waals surface area contributed by atoms with Crippen LogP contribution >= 0.6 is 0 Å². The minimum absolute atomic E-state index is 0.0659. The molecule has 18 heavy (non-hydrogen) atoms. The Balaban J connectivity index is 2.95. The van der Waals surface area contributed by atoms with Crippen molar-refractivity contribution in [1.29, 1.82) is 0 Å². The Labute approximate surface area is 107 Å². The number of nitrogens with zero attached hydrogens (tertiary/aromatic N) is 1. The molecule has 0 aliphatic carbocycles. The Morgan fingerprint density at radius 1 is 1.44 bits per heavy atom. The van der Waals surface area contributed by atoms with Crippen LogP contribution in [0.25, 0.3) is 0 Å². The maximum Gasteiger partial charge on any atom is 0.411 e. The molecular formula is C13H21NO4. The van der Waals surface area contributed by atoms with Gasteiger partial charge in [0.25, 0.3) is 0 Å². The topological polar surface area (TPSA) is 66.8 Å². The average molecular weight is 255 g/mol. The number of hydrogen-bond donors (Lipinski definition) is 1. The van der Waals surface area contributed by atoms with Crippen LogP contribution in [0.15, 0.2) is 12.7 Å². The van der Waals surface area contributed by atoms with Gasteiger partial charge in [-0.15, -0.1) is 6.58 Å². The van der Waals surface area contributed by atoms with Crippen LogP contribution in [-0.4, -0.2) is 39.8 Å². The van der Waals surface area contributed by atoms with E-state index in [9.17, 15) is 14.7 Å². The third kappa shape index (κ3) is 3.03. The summed E-state index contributed by atoms with van der Waals surface area (Å²) in [5.74, 6) is -0.937. The summed E-state index contributed by atoms with van der Waals surface area (Å²) in [5.41, 5.74) is -0.641. The maximum absolute atomic E-state index is 12.1. The fourth-order valence-electron chi connectivity index (χ4n) is 2.22. The number of hydrogen-bond acceptors (Lipinski definition) is 3. The average Bonchev–Trinajstić information content (AvgIpc) is 2.52. The van der Waals surface area contributed by atoms with Crippen molar-refractivity contribution in [2.24, 2.45) is 5.92 Å². The van der Waals surface area contributed by atoms with Crippen molar-refractivity contribution in [1.82, 2.24) is 4.90 Å². The van der Waals surface area contributed by atoms with Gasteiger partial charge in [0, 0.05) is 0 Å². The molecule has 5 nitrogen and oxygen atoms in total. The Morgan fingerprint density at radius 2 is 2.00 bits per heavy atom. The summed E-state index contributed by atoms with van der Waals surface area (Å²) in [5, 5.41) is 9.18. The first-order valence-corrected chi connectivity index (χ1v) is 6.04. The van der Waals surface area contributed by atoms with Crippen LogP contribution < -0.4 is 0 Å². The molecule has 1 heterocycles. The summed E-state index contributed by atoms with van der Waals surface area (Å²) < 4.78 is 5.26. The van der Waals surface area contributed by atoms with Crippen molar-refractivity contribution in [3.8, 4) is 0 Å². The molecule has 1 rings (SSSR count). The monoisotopic (exact) mass is 255 g/mol. The van der Waals surface area contributed by atoms with Gasteiger partial charge in [0.2, 0.25) is 0 Å². The van der Waals surface area contributed by atoms with Gasteiger partial charge in [-0.1, -0.05) is 13.0 Å². The van der Waals surface area contributed by atoms with Crippen molar-refractivity contribution in [2.75, 3.05) is 0 Å². The van der Waals surface area contributed by atoms with E-state index >= 15 is 0 Å². The molecule has 0 unspecified atom stereocenters. The molecule has 1 amide bonds. The van der Waals surface area contributed by atoms with Crippen LogP contribution in [0, 0.1) is 5.92 Å². The summed E-state index contributed by atoms with van der Waals surface area (Å²) >= 11 is 0. The molecule has 0 aromatic rings. The Morgan fingerprint density at radius 3 is 2.39 bits per heavy atom. The lowest BCUT2D eigenvalue weighted by atomic mass is 10.0. The van der Waals surface area contributed by atoms with Crippen LogP contribution in [0.2, 0.25) is 0 Å². The third-order valence-electron chi connectivity index (χ3n) is 2.97. The summed E-state index contributed by atoms with van der Waals surface area (Å²) in [6.45, 7) is 10.8. The lowest BCUT2D eigenvalue weighted by Crippen LogP contribution is -2.47. The van der Waals surface area contributed by atoms with E-state index < -0.39 is 23.7 Å². The summed E-state index contributed by atoms with van der Waals surface area (Å²) in [6, 6.07) is -1.13. The minimum atomic E-state index is -1.00. The lowest BCUT2D eigenvalue weighted by Gasteiger charge is -2.30. The molecule has 0 saturated carbocycles. The van der Waals surface area contributed by atoms with E-state index in [2.05, 4.69) is 6.58 Å². The second-order valence-corrected chi connectivity index (χ2v) is 5.68. The van der Waals surface area contributed by atoms with Crippen molar-refractivity contribution < 1.29 is 19.4 Å². The second kappa shape index (κ2) is 5.00. The normalized spacial score (nSPS) is 28.0. The summed E-state index contributed by atoms with van der Waals surface area (Å²) in [7, 11) is 0. The molecule has 1 aliphatic rings. The van der Waals surface area contributed by atoms with Crippen LogP contribution in [0.5, 0.6) is 0 Å². The number of likely N-dealkylation sites (tertiary alicyclic amines) is 1. The van der Waals surface area contributed by atoms with Gasteiger partial charge in [0.05, 0.1) is 6.04 Å². The van der Waals surface area contributed by atoms with E-state index in [1.54, 1.807) is 26.8 Å². The van der Waals surface area contributed by atoms with E-state index in [4.69, 9.17) is 4.74 Å². The molecule has 1 N–H and O–H groups in total. The van der Waals surface area contributed by atoms with E-state index in [1.165, 1.54) is 4.90 Å². The smallest absolute Gasteiger partial charge is 0.411 e. The van der Waals surface area contributed by atoms with Gasteiger partial charge < -0.3 is 9.84 Å². The van der Waals surface area contributed by atoms with Gasteiger partial charge >= 0.3 is 12.1 Å². The maximum atomic E-state index is 12.1. The zero-order valence-corrected chi connectivity index (χ0v) is 11.3. The molecule has 102 valence electrons. The molecule has 1 fully saturated rings. The molecule has 0 spiro atoms. The highest BCUT2D eigenvalue weighted by Gasteiger charge is 2.45. The summed E-state index contributed by atoms with van der Waals surface area (Å²) in [4.78, 5) is 24.6. The number of aliphatic carboxylic acids is 1.